The van der Waals surface area contributed by atoms with Crippen molar-refractivity contribution in [3.05, 3.63) is 35.6 Å². The average Bonchev–Trinajstić information content (AvgIpc) is 3.20. The van der Waals surface area contributed by atoms with Crippen LogP contribution in [-0.4, -0.2) is 55.1 Å². The summed E-state index contributed by atoms with van der Waals surface area (Å²) in [6.07, 6.45) is 4.87. The normalized spacial score (nSPS) is 22.5. The molecule has 1 saturated carbocycles. The molecule has 1 aromatic rings. The number of carbonyl (C=O) groups is 1. The van der Waals surface area contributed by atoms with E-state index in [1.165, 1.54) is 25.0 Å². The Balaban J connectivity index is 0.00000320. The lowest BCUT2D eigenvalue weighted by molar-refractivity contribution is -0.121. The quantitative estimate of drug-likeness (QED) is 0.334. The number of rotatable bonds is 6. The second kappa shape index (κ2) is 12.4. The molecule has 2 aliphatic rings. The Hall–Kier alpha value is -1.42. The van der Waals surface area contributed by atoms with E-state index in [0.29, 0.717) is 25.6 Å². The molecular formula is C22H34FIN4O2. The number of guanidine groups is 1. The lowest BCUT2D eigenvalue weighted by Crippen LogP contribution is -2.50. The Labute approximate surface area is 196 Å². The molecule has 0 aromatic heterocycles. The van der Waals surface area contributed by atoms with E-state index in [0.717, 1.165) is 37.5 Å². The summed E-state index contributed by atoms with van der Waals surface area (Å²) in [5.41, 5.74) is 0.953. The fourth-order valence-electron chi connectivity index (χ4n) is 4.05. The van der Waals surface area contributed by atoms with Crippen LogP contribution in [0.4, 0.5) is 4.39 Å². The van der Waals surface area contributed by atoms with Gasteiger partial charge in [0, 0.05) is 25.6 Å². The summed E-state index contributed by atoms with van der Waals surface area (Å²) in [7, 11) is 0. The third kappa shape index (κ3) is 7.37. The van der Waals surface area contributed by atoms with Gasteiger partial charge in [-0.25, -0.2) is 4.39 Å². The fourth-order valence-corrected chi connectivity index (χ4v) is 4.05. The Kier molecular flexibility index (Phi) is 10.3. The lowest BCUT2D eigenvalue weighted by Gasteiger charge is -2.38. The highest BCUT2D eigenvalue weighted by Crippen LogP contribution is 2.25. The van der Waals surface area contributed by atoms with E-state index in [1.807, 2.05) is 13.8 Å². The van der Waals surface area contributed by atoms with E-state index < -0.39 is 0 Å². The van der Waals surface area contributed by atoms with E-state index in [-0.39, 0.29) is 47.9 Å². The number of halogens is 2. The Morgan fingerprint density at radius 1 is 1.23 bits per heavy atom. The van der Waals surface area contributed by atoms with Crippen LogP contribution in [0.15, 0.2) is 29.3 Å². The molecule has 1 heterocycles. The summed E-state index contributed by atoms with van der Waals surface area (Å²) in [4.78, 5) is 19.0. The highest BCUT2D eigenvalue weighted by Gasteiger charge is 2.28. The van der Waals surface area contributed by atoms with Crippen LogP contribution in [0.2, 0.25) is 0 Å². The minimum atomic E-state index is -0.250. The Bertz CT molecular complexity index is 695. The van der Waals surface area contributed by atoms with Gasteiger partial charge in [-0.2, -0.15) is 0 Å². The van der Waals surface area contributed by atoms with Gasteiger partial charge in [-0.3, -0.25) is 9.79 Å². The van der Waals surface area contributed by atoms with E-state index in [4.69, 9.17) is 4.74 Å². The maximum atomic E-state index is 13.3. The predicted molar refractivity (Wildman–Crippen MR) is 128 cm³/mol. The summed E-state index contributed by atoms with van der Waals surface area (Å²) in [6.45, 7) is 6.62. The molecule has 2 atom stereocenters. The largest absolute Gasteiger partial charge is 0.367 e. The molecule has 0 bridgehead atoms. The molecule has 1 aromatic carbocycles. The van der Waals surface area contributed by atoms with E-state index in [9.17, 15) is 9.18 Å². The summed E-state index contributed by atoms with van der Waals surface area (Å²) in [5.74, 6) is 0.625. The predicted octanol–water partition coefficient (Wildman–Crippen LogP) is 3.62. The molecular weight excluding hydrogens is 498 g/mol. The minimum Gasteiger partial charge on any atom is -0.367 e. The van der Waals surface area contributed by atoms with Gasteiger partial charge >= 0.3 is 0 Å². The van der Waals surface area contributed by atoms with Crippen molar-refractivity contribution in [1.82, 2.24) is 15.5 Å². The maximum absolute atomic E-state index is 13.3. The Morgan fingerprint density at radius 3 is 2.60 bits per heavy atom. The molecule has 1 aliphatic carbocycles. The van der Waals surface area contributed by atoms with E-state index >= 15 is 0 Å². The molecule has 0 spiro atoms. The Morgan fingerprint density at radius 2 is 1.93 bits per heavy atom. The molecule has 3 rings (SSSR count). The lowest BCUT2D eigenvalue weighted by atomic mass is 10.1. The molecule has 2 unspecified atom stereocenters. The zero-order valence-electron chi connectivity index (χ0n) is 17.9. The number of hydrogen-bond donors (Lipinski definition) is 2. The van der Waals surface area contributed by atoms with E-state index in [2.05, 4.69) is 20.5 Å². The highest BCUT2D eigenvalue weighted by atomic mass is 127. The number of aliphatic imine (C=N–C) groups is 1. The second-order valence-corrected chi connectivity index (χ2v) is 7.93. The number of morpholine rings is 1. The number of nitrogens with one attached hydrogen (secondary N) is 2. The number of benzene rings is 1. The molecule has 1 aliphatic heterocycles. The molecule has 2 fully saturated rings. The van der Waals surface area contributed by atoms with Crippen molar-refractivity contribution < 1.29 is 13.9 Å². The molecule has 2 N–H and O–H groups in total. The first-order chi connectivity index (χ1) is 14.0. The first kappa shape index (κ1) is 24.8. The van der Waals surface area contributed by atoms with Crippen LogP contribution in [-0.2, 0) is 9.53 Å². The zero-order chi connectivity index (χ0) is 20.6. The van der Waals surface area contributed by atoms with Crippen molar-refractivity contribution in [3.63, 3.8) is 0 Å². The van der Waals surface area contributed by atoms with Crippen LogP contribution in [0.3, 0.4) is 0 Å². The first-order valence-electron chi connectivity index (χ1n) is 10.8. The van der Waals surface area contributed by atoms with Crippen LogP contribution < -0.4 is 10.6 Å². The van der Waals surface area contributed by atoms with Crippen molar-refractivity contribution in [2.75, 3.05) is 26.2 Å². The third-order valence-electron chi connectivity index (χ3n) is 5.46. The first-order valence-corrected chi connectivity index (χ1v) is 10.8. The van der Waals surface area contributed by atoms with Gasteiger partial charge in [-0.15, -0.1) is 24.0 Å². The summed E-state index contributed by atoms with van der Waals surface area (Å²) in [5, 5.41) is 6.44. The van der Waals surface area contributed by atoms with Crippen molar-refractivity contribution in [1.29, 1.82) is 0 Å². The number of nitrogens with zero attached hydrogens (tertiary/aromatic N) is 2. The number of ether oxygens (including phenoxy) is 1. The van der Waals surface area contributed by atoms with Gasteiger partial charge in [-0.1, -0.05) is 25.0 Å². The number of carbonyl (C=O) groups excluding carboxylic acids is 1. The van der Waals surface area contributed by atoms with Crippen LogP contribution in [0.25, 0.3) is 0 Å². The monoisotopic (exact) mass is 532 g/mol. The number of amides is 1. The molecule has 6 nitrogen and oxygen atoms in total. The van der Waals surface area contributed by atoms with Gasteiger partial charge in [-0.05, 0) is 44.4 Å². The number of hydrogen-bond acceptors (Lipinski definition) is 3. The molecule has 1 amide bonds. The van der Waals surface area contributed by atoms with Crippen LogP contribution in [0.5, 0.6) is 0 Å². The average molecular weight is 532 g/mol. The van der Waals surface area contributed by atoms with Gasteiger partial charge < -0.3 is 20.3 Å². The molecule has 8 heteroatoms. The SMILES string of the molecule is CCNC(=NCCC(=O)NC1CCCC1)N1CC(C)OC(c2ccc(F)cc2)C1.I. The maximum Gasteiger partial charge on any atom is 0.222 e. The van der Waals surface area contributed by atoms with Crippen molar-refractivity contribution >= 4 is 35.8 Å². The molecule has 0 radical (unpaired) electrons. The van der Waals surface area contributed by atoms with E-state index in [1.54, 1.807) is 12.1 Å². The van der Waals surface area contributed by atoms with Gasteiger partial charge in [0.25, 0.3) is 0 Å². The van der Waals surface area contributed by atoms with Crippen molar-refractivity contribution in [2.24, 2.45) is 4.99 Å². The van der Waals surface area contributed by atoms with Crippen LogP contribution >= 0.6 is 24.0 Å². The topological polar surface area (TPSA) is 66.0 Å². The summed E-state index contributed by atoms with van der Waals surface area (Å²) in [6, 6.07) is 6.81. The summed E-state index contributed by atoms with van der Waals surface area (Å²) >= 11 is 0. The van der Waals surface area contributed by atoms with Crippen molar-refractivity contribution in [3.8, 4) is 0 Å². The fraction of sp³-hybridized carbons (Fsp3) is 0.636. The van der Waals surface area contributed by atoms with Crippen LogP contribution in [0, 0.1) is 5.82 Å². The third-order valence-corrected chi connectivity index (χ3v) is 5.46. The zero-order valence-corrected chi connectivity index (χ0v) is 20.2. The molecule has 30 heavy (non-hydrogen) atoms. The van der Waals surface area contributed by atoms with Crippen LogP contribution in [0.1, 0.15) is 57.6 Å². The van der Waals surface area contributed by atoms with Crippen molar-refractivity contribution in [2.45, 2.75) is 64.2 Å². The summed E-state index contributed by atoms with van der Waals surface area (Å²) < 4.78 is 19.3. The van der Waals surface area contributed by atoms with Gasteiger partial charge in [0.05, 0.1) is 19.2 Å². The standard InChI is InChI=1S/C22H33FN4O2.HI/c1-3-24-22(25-13-12-21(28)26-19-6-4-5-7-19)27-14-16(2)29-20(15-27)17-8-10-18(23)11-9-17;/h8-11,16,19-20H,3-7,12-15H2,1-2H3,(H,24,25)(H,26,28);1H. The van der Waals surface area contributed by atoms with Gasteiger partial charge in [0.2, 0.25) is 5.91 Å². The second-order valence-electron chi connectivity index (χ2n) is 7.93. The van der Waals surface area contributed by atoms with Gasteiger partial charge in [0.1, 0.15) is 11.9 Å². The van der Waals surface area contributed by atoms with Gasteiger partial charge in [0.15, 0.2) is 5.96 Å². The minimum absolute atomic E-state index is 0. The smallest absolute Gasteiger partial charge is 0.222 e. The molecule has 168 valence electrons. The molecule has 1 saturated heterocycles. The highest BCUT2D eigenvalue weighted by molar-refractivity contribution is 14.0.